The van der Waals surface area contributed by atoms with Crippen molar-refractivity contribution >= 4 is 5.91 Å². The maximum atomic E-state index is 12.2. The molecular weight excluding hydrogens is 240 g/mol. The zero-order valence-corrected chi connectivity index (χ0v) is 11.6. The van der Waals surface area contributed by atoms with Crippen molar-refractivity contribution < 1.29 is 9.90 Å². The number of carbonyl (C=O) groups excluding carboxylic acids is 1. The molecule has 1 rings (SSSR count). The molecule has 1 amide bonds. The quantitative estimate of drug-likeness (QED) is 0.850. The molecule has 0 aliphatic rings. The van der Waals surface area contributed by atoms with Crippen molar-refractivity contribution in [3.8, 4) is 6.07 Å². The summed E-state index contributed by atoms with van der Waals surface area (Å²) in [6.45, 7) is 5.88. The Bertz CT molecular complexity index is 489. The highest BCUT2D eigenvalue weighted by molar-refractivity contribution is 5.95. The second-order valence-electron chi connectivity index (χ2n) is 4.98. The van der Waals surface area contributed by atoms with E-state index in [9.17, 15) is 4.79 Å². The Kier molecular flexibility index (Phi) is 5.53. The van der Waals surface area contributed by atoms with E-state index < -0.39 is 0 Å². The van der Waals surface area contributed by atoms with Gasteiger partial charge in [-0.1, -0.05) is 13.8 Å². The van der Waals surface area contributed by atoms with Crippen molar-refractivity contribution in [2.75, 3.05) is 6.61 Å². The number of nitrogens with one attached hydrogen (secondary N) is 1. The molecule has 0 heterocycles. The normalized spacial score (nSPS) is 12.0. The average Bonchev–Trinajstić information content (AvgIpc) is 2.37. The third-order valence-corrected chi connectivity index (χ3v) is 3.16. The lowest BCUT2D eigenvalue weighted by Crippen LogP contribution is -2.39. The van der Waals surface area contributed by atoms with E-state index >= 15 is 0 Å². The van der Waals surface area contributed by atoms with Gasteiger partial charge >= 0.3 is 0 Å². The molecule has 2 N–H and O–H groups in total. The summed E-state index contributed by atoms with van der Waals surface area (Å²) < 4.78 is 0. The molecule has 1 atom stereocenters. The molecule has 4 heteroatoms. The number of rotatable bonds is 5. The van der Waals surface area contributed by atoms with E-state index in [1.54, 1.807) is 18.2 Å². The van der Waals surface area contributed by atoms with Crippen LogP contribution in [0.3, 0.4) is 0 Å². The van der Waals surface area contributed by atoms with Crippen molar-refractivity contribution in [3.05, 3.63) is 34.9 Å². The van der Waals surface area contributed by atoms with Crippen LogP contribution in [-0.2, 0) is 0 Å². The lowest BCUT2D eigenvalue weighted by Gasteiger charge is -2.22. The molecule has 4 nitrogen and oxygen atoms in total. The van der Waals surface area contributed by atoms with Gasteiger partial charge in [0.1, 0.15) is 0 Å². The van der Waals surface area contributed by atoms with Gasteiger partial charge in [0.05, 0.1) is 11.6 Å². The number of aliphatic hydroxyl groups excluding tert-OH is 1. The van der Waals surface area contributed by atoms with Crippen LogP contribution < -0.4 is 5.32 Å². The molecule has 0 spiro atoms. The SMILES string of the molecule is Cc1cc(C#N)ccc1C(=O)NC(CCO)C(C)C. The first kappa shape index (κ1) is 15.2. The van der Waals surface area contributed by atoms with Gasteiger partial charge in [-0.3, -0.25) is 4.79 Å². The minimum absolute atomic E-state index is 0.0486. The van der Waals surface area contributed by atoms with Crippen LogP contribution in [0.15, 0.2) is 18.2 Å². The summed E-state index contributed by atoms with van der Waals surface area (Å²) in [5.41, 5.74) is 1.90. The number of amides is 1. The van der Waals surface area contributed by atoms with E-state index in [1.165, 1.54) is 0 Å². The number of nitriles is 1. The summed E-state index contributed by atoms with van der Waals surface area (Å²) in [6, 6.07) is 7.00. The summed E-state index contributed by atoms with van der Waals surface area (Å²) >= 11 is 0. The van der Waals surface area contributed by atoms with Crippen LogP contribution in [0, 0.1) is 24.2 Å². The first-order valence-corrected chi connectivity index (χ1v) is 6.42. The van der Waals surface area contributed by atoms with Crippen LogP contribution in [0.1, 0.15) is 41.8 Å². The van der Waals surface area contributed by atoms with Gasteiger partial charge < -0.3 is 10.4 Å². The second-order valence-corrected chi connectivity index (χ2v) is 4.98. The number of hydrogen-bond donors (Lipinski definition) is 2. The fourth-order valence-corrected chi connectivity index (χ4v) is 1.95. The highest BCUT2D eigenvalue weighted by Crippen LogP contribution is 2.13. The molecule has 0 saturated heterocycles. The summed E-state index contributed by atoms with van der Waals surface area (Å²) in [6.07, 6.45) is 0.540. The van der Waals surface area contributed by atoms with Crippen molar-refractivity contribution in [1.29, 1.82) is 5.26 Å². The topological polar surface area (TPSA) is 73.1 Å². The smallest absolute Gasteiger partial charge is 0.251 e. The molecule has 1 aromatic rings. The Morgan fingerprint density at radius 1 is 1.47 bits per heavy atom. The maximum absolute atomic E-state index is 12.2. The third kappa shape index (κ3) is 4.08. The number of nitrogens with zero attached hydrogens (tertiary/aromatic N) is 1. The Labute approximate surface area is 114 Å². The Morgan fingerprint density at radius 3 is 2.63 bits per heavy atom. The van der Waals surface area contributed by atoms with Crippen molar-refractivity contribution in [2.24, 2.45) is 5.92 Å². The van der Waals surface area contributed by atoms with E-state index in [2.05, 4.69) is 5.32 Å². The number of aryl methyl sites for hydroxylation is 1. The van der Waals surface area contributed by atoms with Crippen LogP contribution >= 0.6 is 0 Å². The van der Waals surface area contributed by atoms with Crippen molar-refractivity contribution in [1.82, 2.24) is 5.32 Å². The Morgan fingerprint density at radius 2 is 2.16 bits per heavy atom. The van der Waals surface area contributed by atoms with Crippen LogP contribution in [0.4, 0.5) is 0 Å². The highest BCUT2D eigenvalue weighted by Gasteiger charge is 2.17. The average molecular weight is 260 g/mol. The number of aliphatic hydroxyl groups is 1. The first-order chi connectivity index (χ1) is 8.99. The minimum Gasteiger partial charge on any atom is -0.396 e. The van der Waals surface area contributed by atoms with E-state index in [4.69, 9.17) is 10.4 Å². The summed E-state index contributed by atoms with van der Waals surface area (Å²) in [4.78, 5) is 12.2. The Balaban J connectivity index is 2.86. The largest absolute Gasteiger partial charge is 0.396 e. The van der Waals surface area contributed by atoms with Gasteiger partial charge in [0.25, 0.3) is 5.91 Å². The number of carbonyl (C=O) groups is 1. The molecule has 19 heavy (non-hydrogen) atoms. The van der Waals surface area contributed by atoms with Crippen molar-refractivity contribution in [3.63, 3.8) is 0 Å². The van der Waals surface area contributed by atoms with Gasteiger partial charge in [-0.15, -0.1) is 0 Å². The van der Waals surface area contributed by atoms with Crippen LogP contribution in [0.2, 0.25) is 0 Å². The van der Waals surface area contributed by atoms with Gasteiger partial charge in [-0.25, -0.2) is 0 Å². The molecule has 0 aromatic heterocycles. The van der Waals surface area contributed by atoms with E-state index in [0.29, 0.717) is 17.5 Å². The van der Waals surface area contributed by atoms with Gasteiger partial charge in [0.15, 0.2) is 0 Å². The summed E-state index contributed by atoms with van der Waals surface area (Å²) in [7, 11) is 0. The number of benzene rings is 1. The molecule has 102 valence electrons. The summed E-state index contributed by atoms with van der Waals surface area (Å²) in [5, 5.41) is 20.7. The monoisotopic (exact) mass is 260 g/mol. The molecule has 0 aliphatic carbocycles. The van der Waals surface area contributed by atoms with Gasteiger partial charge in [-0.2, -0.15) is 5.26 Å². The Hall–Kier alpha value is -1.86. The second kappa shape index (κ2) is 6.91. The lowest BCUT2D eigenvalue weighted by molar-refractivity contribution is 0.0916. The minimum atomic E-state index is -0.158. The van der Waals surface area contributed by atoms with E-state index in [1.807, 2.05) is 26.8 Å². The standard InChI is InChI=1S/C15H20N2O2/c1-10(2)14(6-7-18)17-15(19)13-5-4-12(9-16)8-11(13)3/h4-5,8,10,14,18H,6-7H2,1-3H3,(H,17,19). The number of hydrogen-bond acceptors (Lipinski definition) is 3. The lowest BCUT2D eigenvalue weighted by atomic mass is 9.99. The molecule has 0 bridgehead atoms. The fourth-order valence-electron chi connectivity index (χ4n) is 1.95. The van der Waals surface area contributed by atoms with Crippen LogP contribution in [-0.4, -0.2) is 23.7 Å². The molecule has 0 radical (unpaired) electrons. The molecule has 1 aromatic carbocycles. The molecule has 0 aliphatic heterocycles. The van der Waals surface area contributed by atoms with Crippen LogP contribution in [0.5, 0.6) is 0 Å². The zero-order valence-electron chi connectivity index (χ0n) is 11.6. The van der Waals surface area contributed by atoms with E-state index in [0.717, 1.165) is 5.56 Å². The predicted molar refractivity (Wildman–Crippen MR) is 73.7 cm³/mol. The molecular formula is C15H20N2O2. The van der Waals surface area contributed by atoms with Gasteiger partial charge in [-0.05, 0) is 43.0 Å². The van der Waals surface area contributed by atoms with Gasteiger partial charge in [0.2, 0.25) is 0 Å². The van der Waals surface area contributed by atoms with Crippen LogP contribution in [0.25, 0.3) is 0 Å². The van der Waals surface area contributed by atoms with E-state index in [-0.39, 0.29) is 24.5 Å². The molecule has 0 saturated carbocycles. The third-order valence-electron chi connectivity index (χ3n) is 3.16. The zero-order chi connectivity index (χ0) is 14.4. The predicted octanol–water partition coefficient (Wildman–Crippen LogP) is 2.00. The highest BCUT2D eigenvalue weighted by atomic mass is 16.3. The fraction of sp³-hybridized carbons (Fsp3) is 0.467. The van der Waals surface area contributed by atoms with Gasteiger partial charge in [0, 0.05) is 18.2 Å². The first-order valence-electron chi connectivity index (χ1n) is 6.42. The maximum Gasteiger partial charge on any atom is 0.251 e. The molecule has 0 fully saturated rings. The molecule has 1 unspecified atom stereocenters. The summed E-state index contributed by atoms with van der Waals surface area (Å²) in [5.74, 6) is 0.101. The van der Waals surface area contributed by atoms with Crippen molar-refractivity contribution in [2.45, 2.75) is 33.2 Å².